The summed E-state index contributed by atoms with van der Waals surface area (Å²) < 4.78 is 26.7. The molecule has 1 saturated heterocycles. The molecule has 6 rings (SSSR count). The fraction of sp³-hybridized carbons (Fsp3) is 0.400. The van der Waals surface area contributed by atoms with Crippen molar-refractivity contribution in [2.45, 2.75) is 38.6 Å². The van der Waals surface area contributed by atoms with Gasteiger partial charge in [0.1, 0.15) is 12.3 Å². The van der Waals surface area contributed by atoms with Gasteiger partial charge in [0, 0.05) is 42.2 Å². The molecular weight excluding hydrogens is 471 g/mol. The molecule has 1 atom stereocenters. The van der Waals surface area contributed by atoms with Crippen molar-refractivity contribution in [1.29, 1.82) is 0 Å². The molecule has 3 aliphatic rings. The number of ether oxygens (including phenoxy) is 2. The van der Waals surface area contributed by atoms with Gasteiger partial charge >= 0.3 is 5.97 Å². The van der Waals surface area contributed by atoms with Gasteiger partial charge in [-0.1, -0.05) is 6.92 Å². The Morgan fingerprint density at radius 2 is 1.97 bits per heavy atom. The predicted octanol–water partition coefficient (Wildman–Crippen LogP) is 2.45. The molecule has 10 nitrogen and oxygen atoms in total. The summed E-state index contributed by atoms with van der Waals surface area (Å²) in [5.41, 5.74) is 0.669. The maximum Gasteiger partial charge on any atom is 0.343 e. The summed E-state index contributed by atoms with van der Waals surface area (Å²) in [4.78, 5) is 44.1. The normalized spacial score (nSPS) is 21.1. The van der Waals surface area contributed by atoms with Crippen LogP contribution in [0.1, 0.15) is 35.6 Å². The van der Waals surface area contributed by atoms with Gasteiger partial charge in [-0.3, -0.25) is 9.69 Å². The molecule has 1 fully saturated rings. The third kappa shape index (κ3) is 3.23. The average Bonchev–Trinajstić information content (AvgIpc) is 3.25. The summed E-state index contributed by atoms with van der Waals surface area (Å²) in [5.74, 6) is -1.58. The first-order valence-corrected chi connectivity index (χ1v) is 11.8. The second kappa shape index (κ2) is 8.26. The lowest BCUT2D eigenvalue weighted by molar-refractivity contribution is -0.172. The predicted molar refractivity (Wildman–Crippen MR) is 126 cm³/mol. The van der Waals surface area contributed by atoms with Gasteiger partial charge in [0.05, 0.1) is 42.2 Å². The van der Waals surface area contributed by atoms with E-state index in [1.807, 2.05) is 0 Å². The zero-order valence-corrected chi connectivity index (χ0v) is 19.5. The van der Waals surface area contributed by atoms with E-state index in [4.69, 9.17) is 9.47 Å². The zero-order chi connectivity index (χ0) is 25.2. The first kappa shape index (κ1) is 22.9. The van der Waals surface area contributed by atoms with Crippen molar-refractivity contribution in [2.75, 3.05) is 26.3 Å². The number of halogens is 1. The van der Waals surface area contributed by atoms with E-state index in [0.29, 0.717) is 55.1 Å². The zero-order valence-electron chi connectivity index (χ0n) is 19.5. The lowest BCUT2D eigenvalue weighted by atomic mass is 9.86. The second-order valence-electron chi connectivity index (χ2n) is 9.32. The topological polar surface area (TPSA) is 123 Å². The number of esters is 1. The molecule has 11 heteroatoms. The van der Waals surface area contributed by atoms with Gasteiger partial charge in [0.2, 0.25) is 0 Å². The van der Waals surface area contributed by atoms with E-state index in [2.05, 4.69) is 15.1 Å². The molecule has 0 spiro atoms. The fourth-order valence-corrected chi connectivity index (χ4v) is 5.41. The van der Waals surface area contributed by atoms with Gasteiger partial charge in [-0.05, 0) is 29.3 Å². The van der Waals surface area contributed by atoms with Crippen molar-refractivity contribution in [3.8, 4) is 11.4 Å². The first-order valence-electron chi connectivity index (χ1n) is 11.8. The van der Waals surface area contributed by atoms with Crippen molar-refractivity contribution in [1.82, 2.24) is 14.5 Å². The molecular formula is C25H23FN4O6. The Morgan fingerprint density at radius 1 is 1.19 bits per heavy atom. The van der Waals surface area contributed by atoms with E-state index in [1.165, 1.54) is 12.1 Å². The van der Waals surface area contributed by atoms with Crippen LogP contribution < -0.4 is 5.56 Å². The molecule has 0 aliphatic carbocycles. The molecule has 0 radical (unpaired) electrons. The smallest absolute Gasteiger partial charge is 0.343 e. The van der Waals surface area contributed by atoms with Crippen molar-refractivity contribution >= 4 is 22.6 Å². The Hall–Kier alpha value is -3.54. The highest BCUT2D eigenvalue weighted by Gasteiger charge is 2.45. The van der Waals surface area contributed by atoms with Crippen LogP contribution in [0.3, 0.4) is 0 Å². The van der Waals surface area contributed by atoms with Crippen LogP contribution in [0.25, 0.3) is 22.3 Å². The Morgan fingerprint density at radius 3 is 2.69 bits per heavy atom. The molecule has 3 aliphatic heterocycles. The highest BCUT2D eigenvalue weighted by molar-refractivity contribution is 5.91. The van der Waals surface area contributed by atoms with E-state index >= 15 is 0 Å². The van der Waals surface area contributed by atoms with Crippen molar-refractivity contribution in [3.63, 3.8) is 0 Å². The van der Waals surface area contributed by atoms with Crippen LogP contribution in [-0.2, 0) is 39.6 Å². The van der Waals surface area contributed by atoms with E-state index in [-0.39, 0.29) is 41.9 Å². The van der Waals surface area contributed by atoms with E-state index < -0.39 is 17.4 Å². The second-order valence-corrected chi connectivity index (χ2v) is 9.32. The van der Waals surface area contributed by atoms with Crippen molar-refractivity contribution < 1.29 is 23.8 Å². The highest BCUT2D eigenvalue weighted by atomic mass is 19.1. The van der Waals surface area contributed by atoms with Crippen LogP contribution in [0.15, 0.2) is 28.2 Å². The molecule has 36 heavy (non-hydrogen) atoms. The number of fused-ring (bicyclic) bond motifs is 5. The summed E-state index contributed by atoms with van der Waals surface area (Å²) >= 11 is 0. The third-order valence-corrected chi connectivity index (χ3v) is 7.46. The maximum atomic E-state index is 14.5. The Balaban J connectivity index is 1.61. The van der Waals surface area contributed by atoms with Crippen molar-refractivity contribution in [2.24, 2.45) is 5.18 Å². The summed E-state index contributed by atoms with van der Waals surface area (Å²) in [6.45, 7) is 4.67. The minimum atomic E-state index is -1.94. The highest BCUT2D eigenvalue weighted by Crippen LogP contribution is 2.41. The number of benzene rings is 1. The van der Waals surface area contributed by atoms with Crippen molar-refractivity contribution in [3.05, 3.63) is 61.5 Å². The van der Waals surface area contributed by atoms with Crippen LogP contribution in [0.2, 0.25) is 0 Å². The number of carbonyl (C=O) groups is 1. The number of morpholine rings is 1. The number of nitrogens with zero attached hydrogens (tertiary/aromatic N) is 4. The third-order valence-electron chi connectivity index (χ3n) is 7.46. The lowest BCUT2D eigenvalue weighted by Gasteiger charge is -2.31. The molecule has 0 bridgehead atoms. The summed E-state index contributed by atoms with van der Waals surface area (Å²) in [7, 11) is 0. The maximum absolute atomic E-state index is 14.5. The van der Waals surface area contributed by atoms with Crippen LogP contribution in [0.4, 0.5) is 10.1 Å². The van der Waals surface area contributed by atoms with Crippen LogP contribution in [0.5, 0.6) is 0 Å². The van der Waals surface area contributed by atoms with Crippen LogP contribution in [0, 0.1) is 10.7 Å². The molecule has 1 N–H and O–H groups in total. The number of hydrogen-bond acceptors (Lipinski definition) is 9. The Labute approximate surface area is 204 Å². The SMILES string of the molecule is CC[C@@]1(O)C(=O)OCc2c1cc1n(c2=O)Cc2c-1nc1cc(F)c(N=O)cc1c2CN1CCOCC1. The van der Waals surface area contributed by atoms with Gasteiger partial charge in [-0.2, -0.15) is 0 Å². The quantitative estimate of drug-likeness (QED) is 0.339. The largest absolute Gasteiger partial charge is 0.458 e. The molecule has 0 saturated carbocycles. The number of carbonyl (C=O) groups excluding carboxylic acids is 1. The number of aromatic nitrogens is 2. The van der Waals surface area contributed by atoms with E-state index in [9.17, 15) is 24.0 Å². The molecule has 1 aromatic carbocycles. The summed E-state index contributed by atoms with van der Waals surface area (Å²) in [6, 6.07) is 4.20. The molecule has 0 unspecified atom stereocenters. The molecule has 2 aromatic heterocycles. The minimum Gasteiger partial charge on any atom is -0.458 e. The lowest BCUT2D eigenvalue weighted by Crippen LogP contribution is -2.44. The molecule has 3 aromatic rings. The molecule has 5 heterocycles. The Bertz CT molecular complexity index is 1510. The number of hydrogen-bond donors (Lipinski definition) is 1. The van der Waals surface area contributed by atoms with E-state index in [0.717, 1.165) is 11.1 Å². The average molecular weight is 494 g/mol. The standard InChI is InChI=1S/C25H23FN4O6/c1-2-25(33)17-8-21-22-15(11-30(21)23(31)16(17)12-36-24(25)32)14(10-29-3-5-35-6-4-29)13-7-20(28-34)18(26)9-19(13)27-22/h7-9,33H,2-6,10-12H2,1H3/t25-/m0/s1. The van der Waals surface area contributed by atoms with Gasteiger partial charge in [0.15, 0.2) is 11.4 Å². The molecule has 0 amide bonds. The number of pyridine rings is 2. The summed E-state index contributed by atoms with van der Waals surface area (Å²) in [6.07, 6.45) is 0.0364. The first-order chi connectivity index (χ1) is 17.4. The number of cyclic esters (lactones) is 1. The fourth-order valence-electron chi connectivity index (χ4n) is 5.41. The minimum absolute atomic E-state index is 0.0364. The van der Waals surface area contributed by atoms with Gasteiger partial charge in [-0.15, -0.1) is 4.91 Å². The number of aliphatic hydroxyl groups is 1. The van der Waals surface area contributed by atoms with Gasteiger partial charge in [0.25, 0.3) is 5.56 Å². The van der Waals surface area contributed by atoms with E-state index in [1.54, 1.807) is 17.6 Å². The van der Waals surface area contributed by atoms with Gasteiger partial charge < -0.3 is 19.1 Å². The van der Waals surface area contributed by atoms with Gasteiger partial charge in [-0.25, -0.2) is 14.2 Å². The van der Waals surface area contributed by atoms with Crippen LogP contribution >= 0.6 is 0 Å². The number of rotatable bonds is 4. The van der Waals surface area contributed by atoms with Crippen LogP contribution in [-0.4, -0.2) is 51.8 Å². The summed E-state index contributed by atoms with van der Waals surface area (Å²) in [5, 5.41) is 14.5. The monoisotopic (exact) mass is 494 g/mol. The number of nitroso groups, excluding NO2 is 1. The molecule has 186 valence electrons. The Kier molecular flexibility index (Phi) is 5.25.